The molecule has 3 aromatic rings. The van der Waals surface area contributed by atoms with Crippen LogP contribution in [-0.4, -0.2) is 25.9 Å². The Kier molecular flexibility index (Phi) is 2.79. The predicted octanol–water partition coefficient (Wildman–Crippen LogP) is 2.86. The van der Waals surface area contributed by atoms with Gasteiger partial charge in [-0.2, -0.15) is 9.73 Å². The molecule has 0 unspecified atom stereocenters. The van der Waals surface area contributed by atoms with Crippen LogP contribution in [0.4, 0.5) is 0 Å². The van der Waals surface area contributed by atoms with Gasteiger partial charge >= 0.3 is 5.97 Å². The molecule has 0 atom stereocenters. The molecule has 0 spiro atoms. The lowest BCUT2D eigenvalue weighted by Gasteiger charge is -1.98. The van der Waals surface area contributed by atoms with Gasteiger partial charge in [0.1, 0.15) is 16.8 Å². The minimum absolute atomic E-state index is 0.162. The molecule has 6 heteroatoms. The fourth-order valence-corrected chi connectivity index (χ4v) is 2.18. The molecule has 2 aromatic heterocycles. The molecule has 94 valence electrons. The largest absolute Gasteiger partial charge is 0.478 e. The zero-order valence-corrected chi connectivity index (χ0v) is 11.2. The summed E-state index contributed by atoms with van der Waals surface area (Å²) in [6.07, 6.45) is 1.57. The van der Waals surface area contributed by atoms with Crippen LogP contribution in [0.1, 0.15) is 10.4 Å². The minimum Gasteiger partial charge on any atom is -0.478 e. The van der Waals surface area contributed by atoms with Gasteiger partial charge in [-0.25, -0.2) is 4.79 Å². The molecule has 3 rings (SSSR count). The van der Waals surface area contributed by atoms with Crippen molar-refractivity contribution in [3.05, 3.63) is 52.6 Å². The topological polar surface area (TPSA) is 67.5 Å². The average Bonchev–Trinajstić information content (AvgIpc) is 2.78. The van der Waals surface area contributed by atoms with Gasteiger partial charge in [-0.05, 0) is 24.3 Å². The first-order chi connectivity index (χ1) is 9.16. The van der Waals surface area contributed by atoms with Crippen LogP contribution in [0.3, 0.4) is 0 Å². The van der Waals surface area contributed by atoms with Crippen LogP contribution in [0.25, 0.3) is 16.8 Å². The van der Waals surface area contributed by atoms with Crippen LogP contribution < -0.4 is 0 Å². The highest BCUT2D eigenvalue weighted by Gasteiger charge is 2.20. The molecule has 2 heterocycles. The smallest absolute Gasteiger partial charge is 0.340 e. The molecule has 0 saturated heterocycles. The Morgan fingerprint density at radius 2 is 1.95 bits per heavy atom. The highest BCUT2D eigenvalue weighted by Crippen LogP contribution is 2.26. The predicted molar refractivity (Wildman–Crippen MR) is 73.1 cm³/mol. The Morgan fingerprint density at radius 1 is 1.21 bits per heavy atom. The fourth-order valence-electron chi connectivity index (χ4n) is 1.91. The number of aromatic nitrogens is 3. The SMILES string of the molecule is O=C(O)c1c(-c2ccc(Br)cc2)nn2ncccc12. The molecule has 0 aliphatic heterocycles. The van der Waals surface area contributed by atoms with E-state index < -0.39 is 5.97 Å². The van der Waals surface area contributed by atoms with Crippen LogP contribution in [-0.2, 0) is 0 Å². The number of halogens is 1. The van der Waals surface area contributed by atoms with E-state index in [9.17, 15) is 9.90 Å². The van der Waals surface area contributed by atoms with E-state index in [1.807, 2.05) is 24.3 Å². The van der Waals surface area contributed by atoms with Crippen LogP contribution in [0, 0.1) is 0 Å². The van der Waals surface area contributed by atoms with Crippen molar-refractivity contribution >= 4 is 27.4 Å². The average molecular weight is 318 g/mol. The van der Waals surface area contributed by atoms with Crippen molar-refractivity contribution in [1.29, 1.82) is 0 Å². The summed E-state index contributed by atoms with van der Waals surface area (Å²) in [5.74, 6) is -1.01. The third-order valence-corrected chi connectivity index (χ3v) is 3.28. The van der Waals surface area contributed by atoms with Crippen molar-refractivity contribution in [3.63, 3.8) is 0 Å². The quantitative estimate of drug-likeness (QED) is 0.789. The monoisotopic (exact) mass is 317 g/mol. The number of carbonyl (C=O) groups is 1. The van der Waals surface area contributed by atoms with E-state index >= 15 is 0 Å². The van der Waals surface area contributed by atoms with E-state index in [4.69, 9.17) is 0 Å². The summed E-state index contributed by atoms with van der Waals surface area (Å²) >= 11 is 3.35. The zero-order chi connectivity index (χ0) is 13.4. The lowest BCUT2D eigenvalue weighted by Crippen LogP contribution is -1.98. The zero-order valence-electron chi connectivity index (χ0n) is 9.62. The second-order valence-corrected chi connectivity index (χ2v) is 4.85. The minimum atomic E-state index is -1.01. The molecule has 0 amide bonds. The molecule has 19 heavy (non-hydrogen) atoms. The highest BCUT2D eigenvalue weighted by molar-refractivity contribution is 9.10. The van der Waals surface area contributed by atoms with Gasteiger partial charge in [-0.15, -0.1) is 5.10 Å². The normalized spacial score (nSPS) is 10.8. The molecular weight excluding hydrogens is 310 g/mol. The second kappa shape index (κ2) is 4.47. The summed E-state index contributed by atoms with van der Waals surface area (Å²) in [7, 11) is 0. The van der Waals surface area contributed by atoms with Gasteiger partial charge in [0.2, 0.25) is 0 Å². The third-order valence-electron chi connectivity index (χ3n) is 2.75. The van der Waals surface area contributed by atoms with Crippen molar-refractivity contribution < 1.29 is 9.90 Å². The maximum Gasteiger partial charge on any atom is 0.340 e. The van der Waals surface area contributed by atoms with Gasteiger partial charge in [0.15, 0.2) is 0 Å². The van der Waals surface area contributed by atoms with Crippen LogP contribution in [0.2, 0.25) is 0 Å². The number of carboxylic acids is 1. The van der Waals surface area contributed by atoms with E-state index in [0.717, 1.165) is 10.0 Å². The standard InChI is InChI=1S/C13H8BrN3O2/c14-9-5-3-8(4-6-9)12-11(13(18)19)10-2-1-7-15-17(10)16-12/h1-7H,(H,18,19). The first-order valence-corrected chi connectivity index (χ1v) is 6.29. The molecule has 0 fully saturated rings. The fraction of sp³-hybridized carbons (Fsp3) is 0. The summed E-state index contributed by atoms with van der Waals surface area (Å²) in [4.78, 5) is 11.4. The van der Waals surface area contributed by atoms with E-state index in [1.54, 1.807) is 18.3 Å². The molecule has 0 radical (unpaired) electrons. The van der Waals surface area contributed by atoms with E-state index in [-0.39, 0.29) is 5.56 Å². The van der Waals surface area contributed by atoms with Crippen molar-refractivity contribution in [2.24, 2.45) is 0 Å². The summed E-state index contributed by atoms with van der Waals surface area (Å²) in [6.45, 7) is 0. The summed E-state index contributed by atoms with van der Waals surface area (Å²) in [6, 6.07) is 10.7. The molecule has 0 aliphatic rings. The second-order valence-electron chi connectivity index (χ2n) is 3.93. The number of hydrogen-bond donors (Lipinski definition) is 1. The van der Waals surface area contributed by atoms with E-state index in [2.05, 4.69) is 26.1 Å². The summed E-state index contributed by atoms with van der Waals surface area (Å²) < 4.78 is 2.26. The molecule has 1 aromatic carbocycles. The van der Waals surface area contributed by atoms with Crippen molar-refractivity contribution in [3.8, 4) is 11.3 Å². The third kappa shape index (κ3) is 2.00. The number of hydrogen-bond acceptors (Lipinski definition) is 3. The Labute approximate surface area is 116 Å². The van der Waals surface area contributed by atoms with Gasteiger partial charge in [0.25, 0.3) is 0 Å². The van der Waals surface area contributed by atoms with Crippen LogP contribution in [0.5, 0.6) is 0 Å². The van der Waals surface area contributed by atoms with Crippen molar-refractivity contribution in [1.82, 2.24) is 14.8 Å². The number of aromatic carboxylic acids is 1. The molecular formula is C13H8BrN3O2. The Hall–Kier alpha value is -2.21. The number of benzene rings is 1. The van der Waals surface area contributed by atoms with Crippen LogP contribution in [0.15, 0.2) is 47.1 Å². The molecule has 0 saturated carbocycles. The first kappa shape index (κ1) is 11.9. The highest BCUT2D eigenvalue weighted by atomic mass is 79.9. The molecule has 0 aliphatic carbocycles. The van der Waals surface area contributed by atoms with Crippen molar-refractivity contribution in [2.45, 2.75) is 0 Å². The Balaban J connectivity index is 2.31. The van der Waals surface area contributed by atoms with E-state index in [1.165, 1.54) is 4.63 Å². The van der Waals surface area contributed by atoms with Gasteiger partial charge < -0.3 is 5.11 Å². The van der Waals surface area contributed by atoms with Crippen LogP contribution >= 0.6 is 15.9 Å². The van der Waals surface area contributed by atoms with Gasteiger partial charge in [0, 0.05) is 16.2 Å². The van der Waals surface area contributed by atoms with Crippen molar-refractivity contribution in [2.75, 3.05) is 0 Å². The lowest BCUT2D eigenvalue weighted by atomic mass is 10.1. The van der Waals surface area contributed by atoms with E-state index in [0.29, 0.717) is 11.2 Å². The first-order valence-electron chi connectivity index (χ1n) is 5.50. The molecule has 5 nitrogen and oxygen atoms in total. The number of fused-ring (bicyclic) bond motifs is 1. The Morgan fingerprint density at radius 3 is 2.63 bits per heavy atom. The van der Waals surface area contributed by atoms with Gasteiger partial charge in [0.05, 0.1) is 0 Å². The summed E-state index contributed by atoms with van der Waals surface area (Å²) in [5.41, 5.74) is 1.80. The van der Waals surface area contributed by atoms with Gasteiger partial charge in [-0.1, -0.05) is 28.1 Å². The maximum absolute atomic E-state index is 11.4. The Bertz CT molecular complexity index is 765. The summed E-state index contributed by atoms with van der Waals surface area (Å²) in [5, 5.41) is 17.6. The molecule has 1 N–H and O–H groups in total. The van der Waals surface area contributed by atoms with Gasteiger partial charge in [-0.3, -0.25) is 0 Å². The number of carboxylic acid groups (broad SMARTS) is 1. The number of rotatable bonds is 2. The molecule has 0 bridgehead atoms. The lowest BCUT2D eigenvalue weighted by molar-refractivity contribution is 0.0700. The maximum atomic E-state index is 11.4. The number of nitrogens with zero attached hydrogens (tertiary/aromatic N) is 3.